The third-order valence-corrected chi connectivity index (χ3v) is 5.77. The summed E-state index contributed by atoms with van der Waals surface area (Å²) in [5.74, 6) is -1.58. The van der Waals surface area contributed by atoms with Gasteiger partial charge in [0.25, 0.3) is 5.56 Å². The van der Waals surface area contributed by atoms with Crippen molar-refractivity contribution in [3.05, 3.63) is 116 Å². The molecule has 0 aliphatic rings. The molecule has 1 atom stereocenters. The lowest BCUT2D eigenvalue weighted by Gasteiger charge is -2.20. The van der Waals surface area contributed by atoms with Crippen molar-refractivity contribution in [3.8, 4) is 5.69 Å². The SMILES string of the molecule is Cc1cn(-c2ccc(Cc3cc(Cl)cn([C@@H](CO)c4ccc(F)cc4F)c3=O)cc2C)cn1. The molecule has 2 aromatic carbocycles. The molecule has 0 aliphatic carbocycles. The van der Waals surface area contributed by atoms with Crippen LogP contribution in [0.15, 0.2) is 66.0 Å². The lowest BCUT2D eigenvalue weighted by molar-refractivity contribution is 0.243. The van der Waals surface area contributed by atoms with Crippen molar-refractivity contribution in [1.82, 2.24) is 14.1 Å². The zero-order valence-electron chi connectivity index (χ0n) is 18.1. The van der Waals surface area contributed by atoms with Gasteiger partial charge < -0.3 is 14.2 Å². The summed E-state index contributed by atoms with van der Waals surface area (Å²) < 4.78 is 30.8. The van der Waals surface area contributed by atoms with E-state index in [1.165, 1.54) is 16.8 Å². The monoisotopic (exact) mass is 469 g/mol. The van der Waals surface area contributed by atoms with Crippen molar-refractivity contribution in [2.75, 3.05) is 6.61 Å². The van der Waals surface area contributed by atoms with Crippen LogP contribution in [0.2, 0.25) is 5.02 Å². The minimum Gasteiger partial charge on any atom is -0.394 e. The third kappa shape index (κ3) is 4.74. The standard InChI is InChI=1S/C25H22ClF2N3O2/c1-15-7-17(3-6-23(15)30-11-16(2)29-14-30)8-18-9-19(26)12-31(25(18)33)24(13-32)21-5-4-20(27)10-22(21)28/h3-7,9-12,14,24,32H,8,13H2,1-2H3/t24-/m0/s1. The highest BCUT2D eigenvalue weighted by molar-refractivity contribution is 6.30. The van der Waals surface area contributed by atoms with Crippen LogP contribution in [0.5, 0.6) is 0 Å². The maximum absolute atomic E-state index is 14.4. The summed E-state index contributed by atoms with van der Waals surface area (Å²) in [6.45, 7) is 3.34. The van der Waals surface area contributed by atoms with E-state index in [0.29, 0.717) is 12.0 Å². The van der Waals surface area contributed by atoms with Crippen LogP contribution in [-0.4, -0.2) is 25.8 Å². The number of aromatic nitrogens is 3. The maximum atomic E-state index is 14.4. The molecule has 4 rings (SSSR count). The second kappa shape index (κ2) is 9.29. The van der Waals surface area contributed by atoms with Gasteiger partial charge in [-0.1, -0.05) is 29.8 Å². The Morgan fingerprint density at radius 2 is 1.88 bits per heavy atom. The second-order valence-corrected chi connectivity index (χ2v) is 8.42. The summed E-state index contributed by atoms with van der Waals surface area (Å²) in [5, 5.41) is 10.2. The quantitative estimate of drug-likeness (QED) is 0.443. The van der Waals surface area contributed by atoms with Crippen LogP contribution < -0.4 is 5.56 Å². The van der Waals surface area contributed by atoms with E-state index in [0.717, 1.165) is 34.6 Å². The number of pyridine rings is 1. The van der Waals surface area contributed by atoms with Gasteiger partial charge in [0.05, 0.1) is 29.7 Å². The molecule has 0 spiro atoms. The van der Waals surface area contributed by atoms with E-state index in [1.54, 1.807) is 12.4 Å². The summed E-state index contributed by atoms with van der Waals surface area (Å²) >= 11 is 6.28. The van der Waals surface area contributed by atoms with E-state index in [2.05, 4.69) is 4.98 Å². The molecule has 170 valence electrons. The second-order valence-electron chi connectivity index (χ2n) is 7.98. The Morgan fingerprint density at radius 3 is 2.52 bits per heavy atom. The molecule has 0 saturated carbocycles. The molecule has 33 heavy (non-hydrogen) atoms. The van der Waals surface area contributed by atoms with E-state index in [1.807, 2.05) is 42.8 Å². The van der Waals surface area contributed by atoms with Crippen molar-refractivity contribution < 1.29 is 13.9 Å². The van der Waals surface area contributed by atoms with Crippen molar-refractivity contribution in [1.29, 1.82) is 0 Å². The van der Waals surface area contributed by atoms with Gasteiger partial charge in [-0.3, -0.25) is 4.79 Å². The number of aliphatic hydroxyl groups is 1. The predicted molar refractivity (Wildman–Crippen MR) is 123 cm³/mol. The maximum Gasteiger partial charge on any atom is 0.254 e. The lowest BCUT2D eigenvalue weighted by Crippen LogP contribution is -2.30. The third-order valence-electron chi connectivity index (χ3n) is 5.56. The molecule has 4 aromatic rings. The number of nitrogens with zero attached hydrogens (tertiary/aromatic N) is 3. The summed E-state index contributed by atoms with van der Waals surface area (Å²) in [6.07, 6.45) is 5.33. The fourth-order valence-corrected chi connectivity index (χ4v) is 4.22. The van der Waals surface area contributed by atoms with Gasteiger partial charge in [-0.25, -0.2) is 13.8 Å². The first-order valence-corrected chi connectivity index (χ1v) is 10.7. The molecule has 0 unspecified atom stereocenters. The molecular formula is C25H22ClF2N3O2. The highest BCUT2D eigenvalue weighted by atomic mass is 35.5. The number of rotatable bonds is 6. The van der Waals surface area contributed by atoms with Crippen molar-refractivity contribution >= 4 is 11.6 Å². The van der Waals surface area contributed by atoms with Crippen molar-refractivity contribution in [2.45, 2.75) is 26.3 Å². The number of imidazole rings is 1. The largest absolute Gasteiger partial charge is 0.394 e. The average Bonchev–Trinajstić information content (AvgIpc) is 3.19. The molecule has 0 bridgehead atoms. The highest BCUT2D eigenvalue weighted by Crippen LogP contribution is 2.24. The van der Waals surface area contributed by atoms with Gasteiger partial charge in [0.15, 0.2) is 0 Å². The number of benzene rings is 2. The first-order chi connectivity index (χ1) is 15.8. The average molecular weight is 470 g/mol. The van der Waals surface area contributed by atoms with Gasteiger partial charge in [-0.2, -0.15) is 0 Å². The Kier molecular flexibility index (Phi) is 6.44. The van der Waals surface area contributed by atoms with Crippen LogP contribution in [0.1, 0.15) is 34.0 Å². The van der Waals surface area contributed by atoms with Crippen LogP contribution in [-0.2, 0) is 6.42 Å². The topological polar surface area (TPSA) is 60.0 Å². The van der Waals surface area contributed by atoms with Crippen LogP contribution in [0.25, 0.3) is 5.69 Å². The fourth-order valence-electron chi connectivity index (χ4n) is 3.98. The highest BCUT2D eigenvalue weighted by Gasteiger charge is 2.21. The zero-order chi connectivity index (χ0) is 23.7. The molecule has 0 fully saturated rings. The molecule has 0 saturated heterocycles. The van der Waals surface area contributed by atoms with Crippen molar-refractivity contribution in [2.24, 2.45) is 0 Å². The van der Waals surface area contributed by atoms with E-state index in [-0.39, 0.29) is 10.6 Å². The Balaban J connectivity index is 1.70. The molecular weight excluding hydrogens is 448 g/mol. The summed E-state index contributed by atoms with van der Waals surface area (Å²) in [5.41, 5.74) is 3.79. The summed E-state index contributed by atoms with van der Waals surface area (Å²) in [7, 11) is 0. The normalized spacial score (nSPS) is 12.2. The molecule has 0 amide bonds. The predicted octanol–water partition coefficient (Wildman–Crippen LogP) is 4.75. The number of hydrogen-bond donors (Lipinski definition) is 1. The summed E-state index contributed by atoms with van der Waals surface area (Å²) in [6, 6.07) is 9.42. The zero-order valence-corrected chi connectivity index (χ0v) is 18.9. The molecule has 1 N–H and O–H groups in total. The van der Waals surface area contributed by atoms with Crippen LogP contribution in [0.3, 0.4) is 0 Å². The lowest BCUT2D eigenvalue weighted by atomic mass is 10.0. The number of hydrogen-bond acceptors (Lipinski definition) is 3. The molecule has 2 aromatic heterocycles. The number of halogens is 3. The van der Waals surface area contributed by atoms with Crippen LogP contribution in [0, 0.1) is 25.5 Å². The minimum atomic E-state index is -1.04. The molecule has 2 heterocycles. The number of aryl methyl sites for hydroxylation is 2. The molecule has 0 aliphatic heterocycles. The Bertz CT molecular complexity index is 1380. The Morgan fingerprint density at radius 1 is 1.09 bits per heavy atom. The van der Waals surface area contributed by atoms with E-state index < -0.39 is 29.8 Å². The van der Waals surface area contributed by atoms with Gasteiger partial charge in [0, 0.05) is 41.7 Å². The van der Waals surface area contributed by atoms with Gasteiger partial charge in [0.1, 0.15) is 11.6 Å². The number of aliphatic hydroxyl groups excluding tert-OH is 1. The van der Waals surface area contributed by atoms with E-state index >= 15 is 0 Å². The fraction of sp³-hybridized carbons (Fsp3) is 0.200. The first kappa shape index (κ1) is 22.9. The van der Waals surface area contributed by atoms with Gasteiger partial charge in [-0.15, -0.1) is 0 Å². The molecule has 8 heteroatoms. The Hall–Kier alpha value is -3.29. The summed E-state index contributed by atoms with van der Waals surface area (Å²) in [4.78, 5) is 17.5. The van der Waals surface area contributed by atoms with Crippen LogP contribution >= 0.6 is 11.6 Å². The van der Waals surface area contributed by atoms with E-state index in [4.69, 9.17) is 11.6 Å². The van der Waals surface area contributed by atoms with Crippen molar-refractivity contribution in [3.63, 3.8) is 0 Å². The minimum absolute atomic E-state index is 0.00467. The smallest absolute Gasteiger partial charge is 0.254 e. The Labute approximate surface area is 194 Å². The van der Waals surface area contributed by atoms with Gasteiger partial charge in [0.2, 0.25) is 0 Å². The van der Waals surface area contributed by atoms with Crippen LogP contribution in [0.4, 0.5) is 8.78 Å². The van der Waals surface area contributed by atoms with E-state index in [9.17, 15) is 18.7 Å². The van der Waals surface area contributed by atoms with Gasteiger partial charge in [-0.05, 0) is 43.2 Å². The molecule has 5 nitrogen and oxygen atoms in total. The first-order valence-electron chi connectivity index (χ1n) is 10.3. The molecule has 0 radical (unpaired) electrons. The van der Waals surface area contributed by atoms with Gasteiger partial charge >= 0.3 is 0 Å².